The molecule has 0 spiro atoms. The smallest absolute Gasteiger partial charge is 0.252 e. The van der Waals surface area contributed by atoms with E-state index in [2.05, 4.69) is 22.3 Å². The normalized spacial score (nSPS) is 20.3. The van der Waals surface area contributed by atoms with Crippen molar-refractivity contribution in [2.75, 3.05) is 31.6 Å². The standard InChI is InChI=1S/C21H23N3O3/c1-23-18-9-5-6-10-19(18)27-14-17(21(23)26)22-20(25)16-12-24(13-16)11-15-7-3-2-4-8-15/h2-10,16-17H,11-14H2,1H3,(H,22,25)/t17-/m0/s1. The molecule has 27 heavy (non-hydrogen) atoms. The largest absolute Gasteiger partial charge is 0.489 e. The van der Waals surface area contributed by atoms with Gasteiger partial charge in [0.25, 0.3) is 5.91 Å². The van der Waals surface area contributed by atoms with Gasteiger partial charge in [-0.1, -0.05) is 42.5 Å². The third-order valence-corrected chi connectivity index (χ3v) is 5.15. The minimum absolute atomic E-state index is 0.0828. The van der Waals surface area contributed by atoms with Crippen LogP contribution in [0.25, 0.3) is 0 Å². The summed E-state index contributed by atoms with van der Waals surface area (Å²) >= 11 is 0. The minimum atomic E-state index is -0.668. The van der Waals surface area contributed by atoms with E-state index in [4.69, 9.17) is 4.74 Å². The van der Waals surface area contributed by atoms with Gasteiger partial charge in [0.2, 0.25) is 5.91 Å². The van der Waals surface area contributed by atoms with Crippen molar-refractivity contribution in [2.24, 2.45) is 5.92 Å². The molecule has 0 radical (unpaired) electrons. The average molecular weight is 365 g/mol. The van der Waals surface area contributed by atoms with Crippen molar-refractivity contribution in [3.8, 4) is 5.75 Å². The monoisotopic (exact) mass is 365 g/mol. The van der Waals surface area contributed by atoms with Gasteiger partial charge in [-0.05, 0) is 17.7 Å². The lowest BCUT2D eigenvalue weighted by molar-refractivity contribution is -0.134. The molecular formula is C21H23N3O3. The van der Waals surface area contributed by atoms with Crippen LogP contribution in [0.4, 0.5) is 5.69 Å². The summed E-state index contributed by atoms with van der Waals surface area (Å²) in [6, 6.07) is 16.9. The van der Waals surface area contributed by atoms with Gasteiger partial charge < -0.3 is 15.0 Å². The molecule has 4 rings (SSSR count). The Labute approximate surface area is 158 Å². The Balaban J connectivity index is 1.32. The molecule has 140 valence electrons. The average Bonchev–Trinajstić information content (AvgIpc) is 2.77. The molecule has 2 aliphatic heterocycles. The second-order valence-corrected chi connectivity index (χ2v) is 7.11. The SMILES string of the molecule is CN1C(=O)[C@@H](NC(=O)C2CN(Cc3ccccc3)C2)COc2ccccc21. The molecule has 2 amide bonds. The van der Waals surface area contributed by atoms with Crippen molar-refractivity contribution in [2.45, 2.75) is 12.6 Å². The maximum Gasteiger partial charge on any atom is 0.252 e. The Morgan fingerprint density at radius 1 is 1.11 bits per heavy atom. The van der Waals surface area contributed by atoms with Crippen molar-refractivity contribution in [3.05, 3.63) is 60.2 Å². The summed E-state index contributed by atoms with van der Waals surface area (Å²) < 4.78 is 5.75. The van der Waals surface area contributed by atoms with E-state index in [1.165, 1.54) is 5.56 Å². The van der Waals surface area contributed by atoms with Gasteiger partial charge in [-0.2, -0.15) is 0 Å². The molecule has 1 atom stereocenters. The number of hydrogen-bond acceptors (Lipinski definition) is 4. The van der Waals surface area contributed by atoms with Crippen LogP contribution in [-0.4, -0.2) is 49.5 Å². The summed E-state index contributed by atoms with van der Waals surface area (Å²) in [6.07, 6.45) is 0. The van der Waals surface area contributed by atoms with Gasteiger partial charge in [0.1, 0.15) is 18.4 Å². The highest BCUT2D eigenvalue weighted by Crippen LogP contribution is 2.30. The molecule has 0 aromatic heterocycles. The van der Waals surface area contributed by atoms with Gasteiger partial charge in [0.05, 0.1) is 11.6 Å². The first-order valence-corrected chi connectivity index (χ1v) is 9.18. The Bertz CT molecular complexity index is 834. The molecule has 6 nitrogen and oxygen atoms in total. The van der Waals surface area contributed by atoms with Gasteiger partial charge in [0, 0.05) is 26.7 Å². The van der Waals surface area contributed by atoms with Gasteiger partial charge in [-0.25, -0.2) is 0 Å². The molecule has 6 heteroatoms. The molecule has 2 aromatic rings. The van der Waals surface area contributed by atoms with Crippen LogP contribution in [0.15, 0.2) is 54.6 Å². The van der Waals surface area contributed by atoms with E-state index in [0.29, 0.717) is 18.8 Å². The maximum atomic E-state index is 12.7. The van der Waals surface area contributed by atoms with E-state index in [-0.39, 0.29) is 24.3 Å². The van der Waals surface area contributed by atoms with Crippen LogP contribution in [0.1, 0.15) is 5.56 Å². The maximum absolute atomic E-state index is 12.7. The number of nitrogens with one attached hydrogen (secondary N) is 1. The van der Waals surface area contributed by atoms with Crippen molar-refractivity contribution in [3.63, 3.8) is 0 Å². The number of hydrogen-bond donors (Lipinski definition) is 1. The van der Waals surface area contributed by atoms with Crippen LogP contribution >= 0.6 is 0 Å². The second kappa shape index (κ2) is 7.40. The van der Waals surface area contributed by atoms with Crippen LogP contribution in [0, 0.1) is 5.92 Å². The molecule has 0 bridgehead atoms. The summed E-state index contributed by atoms with van der Waals surface area (Å²) in [7, 11) is 1.71. The highest BCUT2D eigenvalue weighted by molar-refractivity contribution is 6.00. The summed E-state index contributed by atoms with van der Waals surface area (Å²) in [5, 5.41) is 2.88. The third-order valence-electron chi connectivity index (χ3n) is 5.15. The number of benzene rings is 2. The first kappa shape index (κ1) is 17.5. The Morgan fingerprint density at radius 2 is 1.81 bits per heavy atom. The highest BCUT2D eigenvalue weighted by atomic mass is 16.5. The number of anilines is 1. The van der Waals surface area contributed by atoms with Gasteiger partial charge in [0.15, 0.2) is 0 Å². The number of carbonyl (C=O) groups excluding carboxylic acids is 2. The van der Waals surface area contributed by atoms with Gasteiger partial charge in [-0.15, -0.1) is 0 Å². The van der Waals surface area contributed by atoms with Crippen LogP contribution < -0.4 is 15.0 Å². The molecular weight excluding hydrogens is 342 g/mol. The van der Waals surface area contributed by atoms with Crippen LogP contribution in [-0.2, 0) is 16.1 Å². The zero-order valence-electron chi connectivity index (χ0n) is 15.3. The molecule has 1 N–H and O–H groups in total. The second-order valence-electron chi connectivity index (χ2n) is 7.11. The Morgan fingerprint density at radius 3 is 2.59 bits per heavy atom. The number of fused-ring (bicyclic) bond motifs is 1. The number of ether oxygens (including phenoxy) is 1. The Hall–Kier alpha value is -2.86. The van der Waals surface area contributed by atoms with E-state index in [9.17, 15) is 9.59 Å². The fourth-order valence-corrected chi connectivity index (χ4v) is 3.55. The lowest BCUT2D eigenvalue weighted by atomic mass is 9.97. The molecule has 0 aliphatic carbocycles. The molecule has 2 aromatic carbocycles. The number of rotatable bonds is 4. The zero-order valence-corrected chi connectivity index (χ0v) is 15.3. The highest BCUT2D eigenvalue weighted by Gasteiger charge is 2.36. The summed E-state index contributed by atoms with van der Waals surface area (Å²) in [5.41, 5.74) is 1.96. The van der Waals surface area contributed by atoms with E-state index in [0.717, 1.165) is 12.2 Å². The van der Waals surface area contributed by atoms with Crippen molar-refractivity contribution >= 4 is 17.5 Å². The Kier molecular flexibility index (Phi) is 4.81. The van der Waals surface area contributed by atoms with E-state index < -0.39 is 6.04 Å². The van der Waals surface area contributed by atoms with E-state index >= 15 is 0 Å². The van der Waals surface area contributed by atoms with Crippen LogP contribution in [0.5, 0.6) is 5.75 Å². The first-order valence-electron chi connectivity index (χ1n) is 9.18. The number of likely N-dealkylation sites (N-methyl/N-ethyl adjacent to an activating group) is 1. The van der Waals surface area contributed by atoms with Gasteiger partial charge in [-0.3, -0.25) is 14.5 Å². The number of nitrogens with zero attached hydrogens (tertiary/aromatic N) is 2. The number of likely N-dealkylation sites (tertiary alicyclic amines) is 1. The first-order chi connectivity index (χ1) is 13.1. The molecule has 0 saturated carbocycles. The topological polar surface area (TPSA) is 61.9 Å². The molecule has 1 fully saturated rings. The van der Waals surface area contributed by atoms with E-state index in [1.807, 2.05) is 42.5 Å². The number of amides is 2. The van der Waals surface area contributed by atoms with Crippen molar-refractivity contribution in [1.29, 1.82) is 0 Å². The van der Waals surface area contributed by atoms with Crippen LogP contribution in [0.3, 0.4) is 0 Å². The fourth-order valence-electron chi connectivity index (χ4n) is 3.55. The van der Waals surface area contributed by atoms with Crippen molar-refractivity contribution in [1.82, 2.24) is 10.2 Å². The van der Waals surface area contributed by atoms with E-state index in [1.54, 1.807) is 11.9 Å². The number of carbonyl (C=O) groups is 2. The lowest BCUT2D eigenvalue weighted by Crippen LogP contribution is -2.57. The summed E-state index contributed by atoms with van der Waals surface area (Å²) in [6.45, 7) is 2.40. The quantitative estimate of drug-likeness (QED) is 0.895. The van der Waals surface area contributed by atoms with Crippen molar-refractivity contribution < 1.29 is 14.3 Å². The predicted octanol–water partition coefficient (Wildman–Crippen LogP) is 1.66. The zero-order chi connectivity index (χ0) is 18.8. The number of para-hydroxylation sites is 2. The molecule has 1 saturated heterocycles. The lowest BCUT2D eigenvalue weighted by Gasteiger charge is -2.38. The minimum Gasteiger partial charge on any atom is -0.489 e. The molecule has 0 unspecified atom stereocenters. The summed E-state index contributed by atoms with van der Waals surface area (Å²) in [5.74, 6) is 0.328. The van der Waals surface area contributed by atoms with Crippen LogP contribution in [0.2, 0.25) is 0 Å². The summed E-state index contributed by atoms with van der Waals surface area (Å²) in [4.78, 5) is 29.0. The fraction of sp³-hybridized carbons (Fsp3) is 0.333. The third kappa shape index (κ3) is 3.66. The molecule has 2 aliphatic rings. The predicted molar refractivity (Wildman–Crippen MR) is 102 cm³/mol. The van der Waals surface area contributed by atoms with Gasteiger partial charge >= 0.3 is 0 Å². The molecule has 2 heterocycles.